The second kappa shape index (κ2) is 10.3. The van der Waals surface area contributed by atoms with Crippen LogP contribution in [0.25, 0.3) is 0 Å². The van der Waals surface area contributed by atoms with Crippen molar-refractivity contribution in [2.75, 3.05) is 18.5 Å². The van der Waals surface area contributed by atoms with Crippen LogP contribution >= 0.6 is 0 Å². The quantitative estimate of drug-likeness (QED) is 0.572. The van der Waals surface area contributed by atoms with Gasteiger partial charge in [-0.3, -0.25) is 19.7 Å². The lowest BCUT2D eigenvalue weighted by Crippen LogP contribution is -2.51. The molecule has 1 aliphatic rings. The standard InChI is InChI=1S/C25H30N2O5/c1-4-15-32-20-12-7-17(16-21(20)31-6-3)23(29)26-19-10-8-18(9-11-19)25(5-2)14-13-22(28)27-24(25)30/h7-12,16H,4-6,13-15H2,1-3H3,(H,26,29)(H,27,28,30). The number of carbonyl (C=O) groups is 3. The molecule has 170 valence electrons. The first kappa shape index (κ1) is 23.3. The predicted molar refractivity (Wildman–Crippen MR) is 122 cm³/mol. The molecule has 1 saturated heterocycles. The molecule has 1 fully saturated rings. The Balaban J connectivity index is 1.75. The summed E-state index contributed by atoms with van der Waals surface area (Å²) >= 11 is 0. The van der Waals surface area contributed by atoms with E-state index in [9.17, 15) is 14.4 Å². The second-order valence-corrected chi connectivity index (χ2v) is 7.79. The Labute approximate surface area is 188 Å². The fourth-order valence-electron chi connectivity index (χ4n) is 3.89. The maximum atomic E-state index is 12.8. The van der Waals surface area contributed by atoms with Crippen molar-refractivity contribution in [3.63, 3.8) is 0 Å². The highest BCUT2D eigenvalue weighted by atomic mass is 16.5. The summed E-state index contributed by atoms with van der Waals surface area (Å²) in [5, 5.41) is 5.33. The van der Waals surface area contributed by atoms with Gasteiger partial charge < -0.3 is 14.8 Å². The van der Waals surface area contributed by atoms with Crippen molar-refractivity contribution in [1.82, 2.24) is 5.32 Å². The van der Waals surface area contributed by atoms with E-state index in [1.807, 2.05) is 32.9 Å². The van der Waals surface area contributed by atoms with Crippen molar-refractivity contribution in [3.05, 3.63) is 53.6 Å². The van der Waals surface area contributed by atoms with E-state index in [1.165, 1.54) is 0 Å². The van der Waals surface area contributed by atoms with Gasteiger partial charge in [0.2, 0.25) is 11.8 Å². The SMILES string of the molecule is CCCOc1ccc(C(=O)Nc2ccc(C3(CC)CCC(=O)NC3=O)cc2)cc1OCC. The van der Waals surface area contributed by atoms with Gasteiger partial charge in [-0.15, -0.1) is 0 Å². The number of piperidine rings is 1. The van der Waals surface area contributed by atoms with Gasteiger partial charge in [0.15, 0.2) is 11.5 Å². The van der Waals surface area contributed by atoms with Gasteiger partial charge in [0.25, 0.3) is 5.91 Å². The molecule has 0 radical (unpaired) electrons. The number of imide groups is 1. The molecule has 1 atom stereocenters. The van der Waals surface area contributed by atoms with Crippen LogP contribution in [0, 0.1) is 0 Å². The number of hydrogen-bond acceptors (Lipinski definition) is 5. The maximum Gasteiger partial charge on any atom is 0.255 e. The molecular formula is C25H30N2O5. The average molecular weight is 439 g/mol. The Morgan fingerprint density at radius 1 is 1.03 bits per heavy atom. The zero-order valence-electron chi connectivity index (χ0n) is 18.8. The second-order valence-electron chi connectivity index (χ2n) is 7.79. The average Bonchev–Trinajstić information content (AvgIpc) is 2.79. The van der Waals surface area contributed by atoms with Crippen molar-refractivity contribution >= 4 is 23.4 Å². The molecule has 2 aromatic rings. The highest BCUT2D eigenvalue weighted by molar-refractivity contribution is 6.05. The van der Waals surface area contributed by atoms with Gasteiger partial charge in [-0.1, -0.05) is 26.0 Å². The Kier molecular flexibility index (Phi) is 7.51. The van der Waals surface area contributed by atoms with Gasteiger partial charge in [0.1, 0.15) is 0 Å². The molecule has 3 amide bonds. The zero-order chi connectivity index (χ0) is 23.1. The van der Waals surface area contributed by atoms with Crippen LogP contribution in [0.1, 0.15) is 62.4 Å². The van der Waals surface area contributed by atoms with Crippen molar-refractivity contribution in [2.24, 2.45) is 0 Å². The van der Waals surface area contributed by atoms with Gasteiger partial charge in [0.05, 0.1) is 18.6 Å². The lowest BCUT2D eigenvalue weighted by molar-refractivity contribution is -0.138. The van der Waals surface area contributed by atoms with Crippen LogP contribution in [0.5, 0.6) is 11.5 Å². The summed E-state index contributed by atoms with van der Waals surface area (Å²) in [4.78, 5) is 36.9. The van der Waals surface area contributed by atoms with Gasteiger partial charge >= 0.3 is 0 Å². The minimum atomic E-state index is -0.725. The summed E-state index contributed by atoms with van der Waals surface area (Å²) in [6, 6.07) is 12.3. The van der Waals surface area contributed by atoms with Crippen LogP contribution in [0.4, 0.5) is 5.69 Å². The van der Waals surface area contributed by atoms with Crippen LogP contribution in [0.3, 0.4) is 0 Å². The summed E-state index contributed by atoms with van der Waals surface area (Å²) in [6.07, 6.45) is 2.26. The molecular weight excluding hydrogens is 408 g/mol. The fourth-order valence-corrected chi connectivity index (χ4v) is 3.89. The molecule has 0 bridgehead atoms. The number of carbonyl (C=O) groups excluding carboxylic acids is 3. The predicted octanol–water partition coefficient (Wildman–Crippen LogP) is 4.21. The maximum absolute atomic E-state index is 12.8. The van der Waals surface area contributed by atoms with Crippen LogP contribution in [0.2, 0.25) is 0 Å². The number of ether oxygens (including phenoxy) is 2. The van der Waals surface area contributed by atoms with E-state index in [1.54, 1.807) is 30.3 Å². The van der Waals surface area contributed by atoms with Gasteiger partial charge in [-0.05, 0) is 62.1 Å². The summed E-state index contributed by atoms with van der Waals surface area (Å²) in [5.41, 5.74) is 1.18. The first-order valence-corrected chi connectivity index (χ1v) is 11.1. The van der Waals surface area contributed by atoms with Crippen molar-refractivity contribution in [1.29, 1.82) is 0 Å². The van der Waals surface area contributed by atoms with Crippen LogP contribution in [0.15, 0.2) is 42.5 Å². The highest BCUT2D eigenvalue weighted by Gasteiger charge is 2.42. The monoisotopic (exact) mass is 438 g/mol. The smallest absolute Gasteiger partial charge is 0.255 e. The van der Waals surface area contributed by atoms with E-state index in [-0.39, 0.29) is 17.7 Å². The van der Waals surface area contributed by atoms with E-state index >= 15 is 0 Å². The third-order valence-electron chi connectivity index (χ3n) is 5.73. The number of rotatable bonds is 9. The van der Waals surface area contributed by atoms with E-state index < -0.39 is 5.41 Å². The molecule has 2 aromatic carbocycles. The van der Waals surface area contributed by atoms with E-state index in [2.05, 4.69) is 10.6 Å². The van der Waals surface area contributed by atoms with Crippen molar-refractivity contribution in [3.8, 4) is 11.5 Å². The van der Waals surface area contributed by atoms with Gasteiger partial charge in [0, 0.05) is 17.7 Å². The third kappa shape index (κ3) is 4.93. The summed E-state index contributed by atoms with van der Waals surface area (Å²) in [7, 11) is 0. The molecule has 32 heavy (non-hydrogen) atoms. The Morgan fingerprint density at radius 2 is 1.78 bits per heavy atom. The number of anilines is 1. The number of nitrogens with one attached hydrogen (secondary N) is 2. The highest BCUT2D eigenvalue weighted by Crippen LogP contribution is 2.36. The topological polar surface area (TPSA) is 93.7 Å². The number of hydrogen-bond donors (Lipinski definition) is 2. The lowest BCUT2D eigenvalue weighted by atomic mass is 9.72. The molecule has 0 saturated carbocycles. The molecule has 1 unspecified atom stereocenters. The van der Waals surface area contributed by atoms with E-state index in [0.29, 0.717) is 55.2 Å². The third-order valence-corrected chi connectivity index (χ3v) is 5.73. The largest absolute Gasteiger partial charge is 0.490 e. The molecule has 2 N–H and O–H groups in total. The lowest BCUT2D eigenvalue weighted by Gasteiger charge is -2.35. The van der Waals surface area contributed by atoms with Crippen molar-refractivity contribution in [2.45, 2.75) is 51.9 Å². The van der Waals surface area contributed by atoms with Gasteiger partial charge in [-0.25, -0.2) is 0 Å². The minimum absolute atomic E-state index is 0.236. The Morgan fingerprint density at radius 3 is 2.41 bits per heavy atom. The first-order valence-electron chi connectivity index (χ1n) is 11.1. The van der Waals surface area contributed by atoms with Crippen LogP contribution in [-0.2, 0) is 15.0 Å². The summed E-state index contributed by atoms with van der Waals surface area (Å²) < 4.78 is 11.3. The molecule has 7 nitrogen and oxygen atoms in total. The summed E-state index contributed by atoms with van der Waals surface area (Å²) in [5.74, 6) is 0.379. The Hall–Kier alpha value is -3.35. The molecule has 3 rings (SSSR count). The first-order chi connectivity index (χ1) is 15.4. The molecule has 0 aromatic heterocycles. The van der Waals surface area contributed by atoms with Crippen LogP contribution in [-0.4, -0.2) is 30.9 Å². The van der Waals surface area contributed by atoms with E-state index in [0.717, 1.165) is 12.0 Å². The number of amides is 3. The molecule has 7 heteroatoms. The molecule has 0 spiro atoms. The van der Waals surface area contributed by atoms with Crippen molar-refractivity contribution < 1.29 is 23.9 Å². The van der Waals surface area contributed by atoms with Gasteiger partial charge in [-0.2, -0.15) is 0 Å². The van der Waals surface area contributed by atoms with Crippen LogP contribution < -0.4 is 20.1 Å². The van der Waals surface area contributed by atoms with E-state index in [4.69, 9.17) is 9.47 Å². The molecule has 1 aliphatic heterocycles. The zero-order valence-corrected chi connectivity index (χ0v) is 18.8. The fraction of sp³-hybridized carbons (Fsp3) is 0.400. The normalized spacial score (nSPS) is 18.1. The minimum Gasteiger partial charge on any atom is -0.490 e. The number of benzene rings is 2. The molecule has 1 heterocycles. The Bertz CT molecular complexity index is 986. The summed E-state index contributed by atoms with van der Waals surface area (Å²) in [6.45, 7) is 6.88. The molecule has 0 aliphatic carbocycles.